The van der Waals surface area contributed by atoms with Crippen LogP contribution in [0.4, 0.5) is 5.69 Å². The molecule has 1 aliphatic rings. The number of benzene rings is 1. The molecule has 1 aliphatic heterocycles. The molecule has 1 aromatic heterocycles. The van der Waals surface area contributed by atoms with Crippen molar-refractivity contribution in [3.8, 4) is 0 Å². The number of carboxylic acids is 1. The highest BCUT2D eigenvalue weighted by Crippen LogP contribution is 2.30. The zero-order chi connectivity index (χ0) is 14.1. The van der Waals surface area contributed by atoms with Crippen molar-refractivity contribution < 1.29 is 9.90 Å². The second kappa shape index (κ2) is 5.25. The molecule has 0 atom stereocenters. The number of nitrogens with zero attached hydrogens (tertiary/aromatic N) is 2. The molecule has 0 saturated heterocycles. The van der Waals surface area contributed by atoms with Gasteiger partial charge in [0, 0.05) is 23.3 Å². The maximum atomic E-state index is 11.0. The highest BCUT2D eigenvalue weighted by Gasteiger charge is 2.19. The maximum Gasteiger partial charge on any atom is 0.335 e. The van der Waals surface area contributed by atoms with Crippen LogP contribution in [0.1, 0.15) is 32.2 Å². The number of anilines is 1. The number of carbonyl (C=O) groups is 1. The van der Waals surface area contributed by atoms with E-state index >= 15 is 0 Å². The zero-order valence-corrected chi connectivity index (χ0v) is 12.1. The number of thiazole rings is 1. The molecule has 0 spiro atoms. The number of aromatic carboxylic acids is 1. The van der Waals surface area contributed by atoms with E-state index in [1.54, 1.807) is 17.4 Å². The van der Waals surface area contributed by atoms with E-state index in [1.807, 2.05) is 25.3 Å². The SMILES string of the molecule is Cc1ncc(CN2CCCc3cc(C(=O)O)ccc32)s1. The molecule has 4 nitrogen and oxygen atoms in total. The predicted octanol–water partition coefficient (Wildman–Crippen LogP) is 3.10. The molecule has 3 rings (SSSR count). The summed E-state index contributed by atoms with van der Waals surface area (Å²) in [5.74, 6) is -0.858. The predicted molar refractivity (Wildman–Crippen MR) is 79.6 cm³/mol. The van der Waals surface area contributed by atoms with E-state index in [9.17, 15) is 4.79 Å². The minimum Gasteiger partial charge on any atom is -0.478 e. The fraction of sp³-hybridized carbons (Fsp3) is 0.333. The summed E-state index contributed by atoms with van der Waals surface area (Å²) in [4.78, 5) is 18.9. The number of rotatable bonds is 3. The van der Waals surface area contributed by atoms with Crippen molar-refractivity contribution in [2.75, 3.05) is 11.4 Å². The normalized spacial score (nSPS) is 14.2. The molecule has 0 bridgehead atoms. The Kier molecular flexibility index (Phi) is 3.44. The van der Waals surface area contributed by atoms with Gasteiger partial charge < -0.3 is 10.0 Å². The first-order valence-electron chi connectivity index (χ1n) is 6.66. The zero-order valence-electron chi connectivity index (χ0n) is 11.3. The van der Waals surface area contributed by atoms with Crippen molar-refractivity contribution in [1.82, 2.24) is 4.98 Å². The van der Waals surface area contributed by atoms with Gasteiger partial charge in [0.15, 0.2) is 0 Å². The summed E-state index contributed by atoms with van der Waals surface area (Å²) in [5, 5.41) is 10.2. The Bertz CT molecular complexity index is 651. The molecule has 1 aromatic carbocycles. The van der Waals surface area contributed by atoms with E-state index in [0.717, 1.165) is 42.2 Å². The van der Waals surface area contributed by atoms with Gasteiger partial charge >= 0.3 is 5.97 Å². The topological polar surface area (TPSA) is 53.4 Å². The van der Waals surface area contributed by atoms with Gasteiger partial charge in [-0.15, -0.1) is 11.3 Å². The van der Waals surface area contributed by atoms with Gasteiger partial charge in [0.1, 0.15) is 0 Å². The summed E-state index contributed by atoms with van der Waals surface area (Å²) >= 11 is 1.72. The lowest BCUT2D eigenvalue weighted by Gasteiger charge is -2.31. The molecule has 2 aromatic rings. The summed E-state index contributed by atoms with van der Waals surface area (Å²) in [5.41, 5.74) is 2.67. The molecule has 2 heterocycles. The fourth-order valence-corrected chi connectivity index (χ4v) is 3.45. The second-order valence-electron chi connectivity index (χ2n) is 5.02. The average Bonchev–Trinajstić information content (AvgIpc) is 2.84. The standard InChI is InChI=1S/C15H16N2O2S/c1-10-16-8-13(20-10)9-17-6-2-3-11-7-12(15(18)19)4-5-14(11)17/h4-5,7-8H,2-3,6,9H2,1H3,(H,18,19). The van der Waals surface area contributed by atoms with Crippen LogP contribution in [0.15, 0.2) is 24.4 Å². The van der Waals surface area contributed by atoms with Gasteiger partial charge in [0.2, 0.25) is 0 Å². The number of aromatic nitrogens is 1. The van der Waals surface area contributed by atoms with Crippen LogP contribution in [-0.4, -0.2) is 22.6 Å². The summed E-state index contributed by atoms with van der Waals surface area (Å²) in [6, 6.07) is 5.44. The molecule has 0 amide bonds. The molecule has 0 unspecified atom stereocenters. The van der Waals surface area contributed by atoms with E-state index in [-0.39, 0.29) is 0 Å². The fourth-order valence-electron chi connectivity index (χ4n) is 2.64. The van der Waals surface area contributed by atoms with Crippen molar-refractivity contribution >= 4 is 23.0 Å². The Hall–Kier alpha value is -1.88. The van der Waals surface area contributed by atoms with Crippen LogP contribution >= 0.6 is 11.3 Å². The van der Waals surface area contributed by atoms with Crippen LogP contribution < -0.4 is 4.90 Å². The smallest absolute Gasteiger partial charge is 0.335 e. The highest BCUT2D eigenvalue weighted by atomic mass is 32.1. The Morgan fingerprint density at radius 3 is 3.05 bits per heavy atom. The van der Waals surface area contributed by atoms with Crippen molar-refractivity contribution in [3.63, 3.8) is 0 Å². The van der Waals surface area contributed by atoms with E-state index < -0.39 is 5.97 Å². The quantitative estimate of drug-likeness (QED) is 0.943. The number of fused-ring (bicyclic) bond motifs is 1. The lowest BCUT2D eigenvalue weighted by Crippen LogP contribution is -2.28. The Labute approximate surface area is 121 Å². The van der Waals surface area contributed by atoms with Gasteiger partial charge in [0.05, 0.1) is 17.1 Å². The first-order chi connectivity index (χ1) is 9.63. The van der Waals surface area contributed by atoms with Crippen LogP contribution in [0.25, 0.3) is 0 Å². The van der Waals surface area contributed by atoms with E-state index in [2.05, 4.69) is 9.88 Å². The van der Waals surface area contributed by atoms with Crippen LogP contribution in [0.5, 0.6) is 0 Å². The third kappa shape index (κ3) is 2.54. The first-order valence-corrected chi connectivity index (χ1v) is 7.47. The van der Waals surface area contributed by atoms with Crippen molar-refractivity contribution in [3.05, 3.63) is 45.4 Å². The van der Waals surface area contributed by atoms with Gasteiger partial charge in [0.25, 0.3) is 0 Å². The van der Waals surface area contributed by atoms with Gasteiger partial charge in [-0.2, -0.15) is 0 Å². The van der Waals surface area contributed by atoms with Crippen LogP contribution in [0.2, 0.25) is 0 Å². The molecule has 1 N–H and O–H groups in total. The third-order valence-electron chi connectivity index (χ3n) is 3.56. The lowest BCUT2D eigenvalue weighted by molar-refractivity contribution is 0.0697. The largest absolute Gasteiger partial charge is 0.478 e. The molecular weight excluding hydrogens is 272 g/mol. The van der Waals surface area contributed by atoms with Gasteiger partial charge in [-0.1, -0.05) is 0 Å². The molecule has 0 saturated carbocycles. The van der Waals surface area contributed by atoms with Gasteiger partial charge in [-0.3, -0.25) is 0 Å². The molecular formula is C15H16N2O2S. The molecule has 104 valence electrons. The summed E-state index contributed by atoms with van der Waals surface area (Å²) in [6.45, 7) is 3.87. The number of hydrogen-bond donors (Lipinski definition) is 1. The number of hydrogen-bond acceptors (Lipinski definition) is 4. The Morgan fingerprint density at radius 1 is 1.50 bits per heavy atom. The minimum atomic E-state index is -0.858. The first kappa shape index (κ1) is 13.1. The lowest BCUT2D eigenvalue weighted by atomic mass is 9.99. The van der Waals surface area contributed by atoms with Crippen LogP contribution in [0.3, 0.4) is 0 Å². The Balaban J connectivity index is 1.88. The number of carboxylic acid groups (broad SMARTS) is 1. The monoisotopic (exact) mass is 288 g/mol. The van der Waals surface area contributed by atoms with Crippen LogP contribution in [-0.2, 0) is 13.0 Å². The average molecular weight is 288 g/mol. The number of aryl methyl sites for hydroxylation is 2. The van der Waals surface area contributed by atoms with Crippen molar-refractivity contribution in [2.45, 2.75) is 26.3 Å². The third-order valence-corrected chi connectivity index (χ3v) is 4.45. The molecule has 20 heavy (non-hydrogen) atoms. The highest BCUT2D eigenvalue weighted by molar-refractivity contribution is 7.11. The van der Waals surface area contributed by atoms with Crippen molar-refractivity contribution in [1.29, 1.82) is 0 Å². The summed E-state index contributed by atoms with van der Waals surface area (Å²) in [6.07, 6.45) is 3.95. The minimum absolute atomic E-state index is 0.374. The van der Waals surface area contributed by atoms with E-state index in [1.165, 1.54) is 4.88 Å². The van der Waals surface area contributed by atoms with Crippen molar-refractivity contribution in [2.24, 2.45) is 0 Å². The molecule has 0 aliphatic carbocycles. The molecule has 5 heteroatoms. The van der Waals surface area contributed by atoms with E-state index in [0.29, 0.717) is 5.56 Å². The molecule has 0 radical (unpaired) electrons. The maximum absolute atomic E-state index is 11.0. The van der Waals surface area contributed by atoms with Gasteiger partial charge in [-0.05, 0) is 43.5 Å². The van der Waals surface area contributed by atoms with Crippen LogP contribution in [0, 0.1) is 6.92 Å². The molecule has 0 fully saturated rings. The Morgan fingerprint density at radius 2 is 2.35 bits per heavy atom. The summed E-state index contributed by atoms with van der Waals surface area (Å²) < 4.78 is 0. The van der Waals surface area contributed by atoms with E-state index in [4.69, 9.17) is 5.11 Å². The van der Waals surface area contributed by atoms with Gasteiger partial charge in [-0.25, -0.2) is 9.78 Å². The summed E-state index contributed by atoms with van der Waals surface area (Å²) in [7, 11) is 0. The second-order valence-corrected chi connectivity index (χ2v) is 6.34.